The molecule has 0 saturated carbocycles. The highest BCUT2D eigenvalue weighted by atomic mass is 19.4. The molecule has 1 aromatic carbocycles. The number of rotatable bonds is 4. The van der Waals surface area contributed by atoms with Gasteiger partial charge in [0.2, 0.25) is 5.82 Å². The van der Waals surface area contributed by atoms with E-state index >= 15 is 0 Å². The van der Waals surface area contributed by atoms with E-state index in [1.807, 2.05) is 6.92 Å². The lowest BCUT2D eigenvalue weighted by Gasteiger charge is -2.05. The molecule has 118 valence electrons. The van der Waals surface area contributed by atoms with Crippen LogP contribution < -0.4 is 5.32 Å². The molecule has 1 heterocycles. The van der Waals surface area contributed by atoms with Crippen LogP contribution in [0, 0.1) is 5.82 Å². The van der Waals surface area contributed by atoms with Gasteiger partial charge in [-0.3, -0.25) is 4.79 Å². The number of alkyl halides is 3. The monoisotopic (exact) mass is 317 g/mol. The molecular weight excluding hydrogens is 306 g/mol. The van der Waals surface area contributed by atoms with Gasteiger partial charge >= 0.3 is 12.1 Å². The number of carbonyl (C=O) groups excluding carboxylic acids is 1. The Balaban J connectivity index is 2.26. The van der Waals surface area contributed by atoms with Gasteiger partial charge in [-0.25, -0.2) is 4.39 Å². The van der Waals surface area contributed by atoms with Crippen molar-refractivity contribution < 1.29 is 26.9 Å². The molecule has 1 aromatic heterocycles. The lowest BCUT2D eigenvalue weighted by molar-refractivity contribution is -0.159. The molecule has 9 heteroatoms. The first-order chi connectivity index (χ1) is 10.3. The van der Waals surface area contributed by atoms with Crippen molar-refractivity contribution in [1.29, 1.82) is 0 Å². The lowest BCUT2D eigenvalue weighted by Crippen LogP contribution is -2.24. The Morgan fingerprint density at radius 1 is 1.36 bits per heavy atom. The molecule has 1 N–H and O–H groups in total. The fraction of sp³-hybridized carbons (Fsp3) is 0.308. The van der Waals surface area contributed by atoms with Gasteiger partial charge in [0.25, 0.3) is 5.91 Å². The molecule has 5 nitrogen and oxygen atoms in total. The van der Waals surface area contributed by atoms with Crippen LogP contribution >= 0.6 is 0 Å². The van der Waals surface area contributed by atoms with Crippen molar-refractivity contribution in [3.05, 3.63) is 35.5 Å². The molecule has 0 aliphatic carbocycles. The van der Waals surface area contributed by atoms with Crippen LogP contribution in [0.3, 0.4) is 0 Å². The van der Waals surface area contributed by atoms with Crippen LogP contribution in [-0.4, -0.2) is 22.6 Å². The Bertz CT molecular complexity index is 682. The highest BCUT2D eigenvalue weighted by Gasteiger charge is 2.38. The maximum Gasteiger partial charge on any atom is 0.471 e. The zero-order valence-corrected chi connectivity index (χ0v) is 11.4. The van der Waals surface area contributed by atoms with Crippen molar-refractivity contribution in [3.63, 3.8) is 0 Å². The SMILES string of the molecule is CCCNC(=O)c1ccc(-c2noc(C(F)(F)F)n2)c(F)c1. The van der Waals surface area contributed by atoms with Gasteiger partial charge in [0, 0.05) is 12.1 Å². The van der Waals surface area contributed by atoms with Crippen molar-refractivity contribution in [3.8, 4) is 11.4 Å². The summed E-state index contributed by atoms with van der Waals surface area (Å²) in [7, 11) is 0. The number of nitrogens with zero attached hydrogens (tertiary/aromatic N) is 2. The fourth-order valence-electron chi connectivity index (χ4n) is 1.63. The highest BCUT2D eigenvalue weighted by molar-refractivity contribution is 5.94. The number of benzene rings is 1. The maximum absolute atomic E-state index is 13.9. The second-order valence-corrected chi connectivity index (χ2v) is 4.37. The number of aromatic nitrogens is 2. The number of carbonyl (C=O) groups is 1. The number of hydrogen-bond acceptors (Lipinski definition) is 4. The fourth-order valence-corrected chi connectivity index (χ4v) is 1.63. The molecule has 22 heavy (non-hydrogen) atoms. The van der Waals surface area contributed by atoms with Gasteiger partial charge in [-0.05, 0) is 24.6 Å². The third kappa shape index (κ3) is 3.41. The van der Waals surface area contributed by atoms with E-state index in [9.17, 15) is 22.4 Å². The summed E-state index contributed by atoms with van der Waals surface area (Å²) in [4.78, 5) is 14.8. The lowest BCUT2D eigenvalue weighted by atomic mass is 10.1. The van der Waals surface area contributed by atoms with Crippen LogP contribution in [0.5, 0.6) is 0 Å². The molecular formula is C13H11F4N3O2. The summed E-state index contributed by atoms with van der Waals surface area (Å²) in [6, 6.07) is 3.30. The Morgan fingerprint density at radius 3 is 2.64 bits per heavy atom. The summed E-state index contributed by atoms with van der Waals surface area (Å²) in [6.45, 7) is 2.29. The second-order valence-electron chi connectivity index (χ2n) is 4.37. The van der Waals surface area contributed by atoms with Gasteiger partial charge in [-0.15, -0.1) is 0 Å². The maximum atomic E-state index is 13.9. The molecule has 0 aliphatic heterocycles. The van der Waals surface area contributed by atoms with E-state index in [0.29, 0.717) is 6.54 Å². The van der Waals surface area contributed by atoms with Gasteiger partial charge in [0.1, 0.15) is 5.82 Å². The number of hydrogen-bond donors (Lipinski definition) is 1. The summed E-state index contributed by atoms with van der Waals surface area (Å²) >= 11 is 0. The Kier molecular flexibility index (Phi) is 4.43. The van der Waals surface area contributed by atoms with Gasteiger partial charge in [0.05, 0.1) is 5.56 Å². The van der Waals surface area contributed by atoms with Crippen LogP contribution in [0.15, 0.2) is 22.7 Å². The molecule has 0 fully saturated rings. The van der Waals surface area contributed by atoms with Gasteiger partial charge < -0.3 is 9.84 Å². The van der Waals surface area contributed by atoms with Crippen molar-refractivity contribution in [2.24, 2.45) is 0 Å². The third-order valence-corrected chi connectivity index (χ3v) is 2.68. The van der Waals surface area contributed by atoms with Crippen molar-refractivity contribution in [2.75, 3.05) is 6.54 Å². The average Bonchev–Trinajstić information content (AvgIpc) is 2.94. The van der Waals surface area contributed by atoms with Crippen LogP contribution in [0.1, 0.15) is 29.6 Å². The Hall–Kier alpha value is -2.45. The van der Waals surface area contributed by atoms with Crippen LogP contribution in [0.2, 0.25) is 0 Å². The molecule has 2 rings (SSSR count). The van der Waals surface area contributed by atoms with Crippen molar-refractivity contribution >= 4 is 5.91 Å². The first kappa shape index (κ1) is 15.9. The Labute approximate surface area is 122 Å². The highest BCUT2D eigenvalue weighted by Crippen LogP contribution is 2.30. The van der Waals surface area contributed by atoms with E-state index < -0.39 is 29.6 Å². The van der Waals surface area contributed by atoms with Crippen LogP contribution in [0.25, 0.3) is 11.4 Å². The zero-order valence-electron chi connectivity index (χ0n) is 11.4. The number of nitrogens with one attached hydrogen (secondary N) is 1. The molecule has 0 radical (unpaired) electrons. The predicted molar refractivity (Wildman–Crippen MR) is 67.3 cm³/mol. The van der Waals surface area contributed by atoms with Crippen LogP contribution in [-0.2, 0) is 6.18 Å². The topological polar surface area (TPSA) is 68.0 Å². The quantitative estimate of drug-likeness (QED) is 0.880. The molecule has 0 atom stereocenters. The minimum Gasteiger partial charge on any atom is -0.352 e. The van der Waals surface area contributed by atoms with Crippen molar-refractivity contribution in [2.45, 2.75) is 19.5 Å². The van der Waals surface area contributed by atoms with Gasteiger partial charge in [-0.1, -0.05) is 12.1 Å². The number of halogens is 4. The first-order valence-electron chi connectivity index (χ1n) is 6.32. The van der Waals surface area contributed by atoms with E-state index in [1.54, 1.807) is 0 Å². The van der Waals surface area contributed by atoms with Crippen LogP contribution in [0.4, 0.5) is 17.6 Å². The van der Waals surface area contributed by atoms with Gasteiger partial charge in [0.15, 0.2) is 0 Å². The largest absolute Gasteiger partial charge is 0.471 e. The number of amides is 1. The Morgan fingerprint density at radius 2 is 2.09 bits per heavy atom. The molecule has 2 aromatic rings. The molecule has 0 aliphatic rings. The molecule has 0 spiro atoms. The van der Waals surface area contributed by atoms with E-state index in [2.05, 4.69) is 20.0 Å². The first-order valence-corrected chi connectivity index (χ1v) is 6.32. The summed E-state index contributed by atoms with van der Waals surface area (Å²) in [5.41, 5.74) is -0.236. The molecule has 0 unspecified atom stereocenters. The third-order valence-electron chi connectivity index (χ3n) is 2.68. The van der Waals surface area contributed by atoms with E-state index in [0.717, 1.165) is 18.6 Å². The smallest absolute Gasteiger partial charge is 0.352 e. The standard InChI is InChI=1S/C13H11F4N3O2/c1-2-5-18-11(21)7-3-4-8(9(14)6-7)10-19-12(22-20-10)13(15,16)17/h3-4,6H,2,5H2,1H3,(H,18,21). The van der Waals surface area contributed by atoms with E-state index in [1.165, 1.54) is 6.07 Å². The summed E-state index contributed by atoms with van der Waals surface area (Å²) in [5.74, 6) is -3.49. The summed E-state index contributed by atoms with van der Waals surface area (Å²) < 4.78 is 55.1. The normalized spacial score (nSPS) is 11.5. The average molecular weight is 317 g/mol. The minimum absolute atomic E-state index is 0.0502. The predicted octanol–water partition coefficient (Wildman–Crippen LogP) is 3.03. The summed E-state index contributed by atoms with van der Waals surface area (Å²) in [6.07, 6.45) is -4.09. The molecule has 0 bridgehead atoms. The molecule has 0 saturated heterocycles. The van der Waals surface area contributed by atoms with Gasteiger partial charge in [-0.2, -0.15) is 18.2 Å². The summed E-state index contributed by atoms with van der Waals surface area (Å²) in [5, 5.41) is 5.65. The second kappa shape index (κ2) is 6.12. The van der Waals surface area contributed by atoms with E-state index in [4.69, 9.17) is 0 Å². The zero-order chi connectivity index (χ0) is 16.3. The van der Waals surface area contributed by atoms with E-state index in [-0.39, 0.29) is 11.1 Å². The van der Waals surface area contributed by atoms with Crippen molar-refractivity contribution in [1.82, 2.24) is 15.5 Å². The molecule has 1 amide bonds. The minimum atomic E-state index is -4.80.